The van der Waals surface area contributed by atoms with Crippen molar-refractivity contribution in [2.45, 2.75) is 38.8 Å². The number of rotatable bonds is 6. The minimum absolute atomic E-state index is 0.406. The van der Waals surface area contributed by atoms with Crippen molar-refractivity contribution in [2.75, 3.05) is 33.3 Å². The third-order valence-electron chi connectivity index (χ3n) is 4.13. The molecule has 0 saturated carbocycles. The molecule has 0 radical (unpaired) electrons. The molecule has 0 aliphatic carbocycles. The number of likely N-dealkylation sites (N-methyl/N-ethyl adjacent to an activating group) is 1. The molecular weight excluding hydrogens is 248 g/mol. The van der Waals surface area contributed by atoms with Gasteiger partial charge in [-0.25, -0.2) is 0 Å². The first kappa shape index (κ1) is 15.5. The van der Waals surface area contributed by atoms with E-state index < -0.39 is 0 Å². The molecule has 1 heterocycles. The Morgan fingerprint density at radius 2 is 2.30 bits per heavy atom. The van der Waals surface area contributed by atoms with Crippen molar-refractivity contribution in [2.24, 2.45) is 0 Å². The molecule has 0 bridgehead atoms. The Labute approximate surface area is 123 Å². The minimum Gasteiger partial charge on any atom is -0.380 e. The van der Waals surface area contributed by atoms with E-state index in [1.54, 1.807) is 0 Å². The lowest BCUT2D eigenvalue weighted by atomic mass is 10.0. The van der Waals surface area contributed by atoms with E-state index in [1.807, 2.05) is 7.11 Å². The lowest BCUT2D eigenvalue weighted by Crippen LogP contribution is -2.43. The van der Waals surface area contributed by atoms with Crippen LogP contribution in [0.15, 0.2) is 24.3 Å². The van der Waals surface area contributed by atoms with Crippen LogP contribution in [0.25, 0.3) is 0 Å². The van der Waals surface area contributed by atoms with Gasteiger partial charge in [0.25, 0.3) is 0 Å². The number of nitrogens with zero attached hydrogens (tertiary/aromatic N) is 1. The minimum atomic E-state index is 0.406. The first-order chi connectivity index (χ1) is 9.72. The fraction of sp³-hybridized carbons (Fsp3) is 0.647. The second-order valence-corrected chi connectivity index (χ2v) is 5.78. The van der Waals surface area contributed by atoms with Gasteiger partial charge < -0.3 is 10.1 Å². The summed E-state index contributed by atoms with van der Waals surface area (Å²) >= 11 is 0. The van der Waals surface area contributed by atoms with E-state index in [4.69, 9.17) is 4.74 Å². The third kappa shape index (κ3) is 4.30. The van der Waals surface area contributed by atoms with Gasteiger partial charge in [-0.3, -0.25) is 4.90 Å². The van der Waals surface area contributed by atoms with Crippen molar-refractivity contribution in [3.05, 3.63) is 35.4 Å². The van der Waals surface area contributed by atoms with Gasteiger partial charge in [0.1, 0.15) is 0 Å². The highest BCUT2D eigenvalue weighted by atomic mass is 16.5. The van der Waals surface area contributed by atoms with Crippen molar-refractivity contribution in [1.29, 1.82) is 0 Å². The van der Waals surface area contributed by atoms with Gasteiger partial charge >= 0.3 is 0 Å². The first-order valence-corrected chi connectivity index (χ1v) is 7.78. The van der Waals surface area contributed by atoms with E-state index in [0.717, 1.165) is 19.6 Å². The lowest BCUT2D eigenvalue weighted by Gasteiger charge is -2.34. The van der Waals surface area contributed by atoms with Crippen molar-refractivity contribution in [3.8, 4) is 0 Å². The molecule has 3 nitrogen and oxygen atoms in total. The molecule has 0 amide bonds. The number of nitrogens with one attached hydrogen (secondary N) is 1. The van der Waals surface area contributed by atoms with Crippen molar-refractivity contribution < 1.29 is 4.74 Å². The molecule has 1 aliphatic heterocycles. The number of hydrogen-bond donors (Lipinski definition) is 1. The van der Waals surface area contributed by atoms with E-state index >= 15 is 0 Å². The number of ether oxygens (including phenoxy) is 1. The molecule has 2 unspecified atom stereocenters. The maximum atomic E-state index is 5.53. The SMILES string of the molecule is CCNC(CN1CCCC(OC)C1)c1cccc(C)c1. The van der Waals surface area contributed by atoms with Gasteiger partial charge in [-0.1, -0.05) is 36.8 Å². The molecule has 3 heteroatoms. The summed E-state index contributed by atoms with van der Waals surface area (Å²) in [7, 11) is 1.83. The highest BCUT2D eigenvalue weighted by Gasteiger charge is 2.22. The molecule has 1 fully saturated rings. The predicted octanol–water partition coefficient (Wildman–Crippen LogP) is 2.76. The molecular formula is C17H28N2O. The summed E-state index contributed by atoms with van der Waals surface area (Å²) in [5.41, 5.74) is 2.73. The summed E-state index contributed by atoms with van der Waals surface area (Å²) in [5.74, 6) is 0. The van der Waals surface area contributed by atoms with E-state index in [1.165, 1.54) is 30.5 Å². The Kier molecular flexibility index (Phi) is 6.02. The molecule has 1 saturated heterocycles. The van der Waals surface area contributed by atoms with Crippen LogP contribution < -0.4 is 5.32 Å². The quantitative estimate of drug-likeness (QED) is 0.864. The van der Waals surface area contributed by atoms with Gasteiger partial charge in [-0.15, -0.1) is 0 Å². The topological polar surface area (TPSA) is 24.5 Å². The zero-order valence-corrected chi connectivity index (χ0v) is 13.1. The maximum Gasteiger partial charge on any atom is 0.0698 e. The van der Waals surface area contributed by atoms with Gasteiger partial charge in [0.15, 0.2) is 0 Å². The predicted molar refractivity (Wildman–Crippen MR) is 84.1 cm³/mol. The number of piperidine rings is 1. The van der Waals surface area contributed by atoms with Gasteiger partial charge in [-0.2, -0.15) is 0 Å². The lowest BCUT2D eigenvalue weighted by molar-refractivity contribution is 0.0281. The van der Waals surface area contributed by atoms with Crippen molar-refractivity contribution >= 4 is 0 Å². The molecule has 20 heavy (non-hydrogen) atoms. The van der Waals surface area contributed by atoms with Crippen LogP contribution in [0.3, 0.4) is 0 Å². The molecule has 0 spiro atoms. The Morgan fingerprint density at radius 1 is 1.45 bits per heavy atom. The average Bonchev–Trinajstić information content (AvgIpc) is 2.47. The summed E-state index contributed by atoms with van der Waals surface area (Å²) in [6.07, 6.45) is 2.85. The van der Waals surface area contributed by atoms with Gasteiger partial charge in [0, 0.05) is 26.2 Å². The van der Waals surface area contributed by atoms with Crippen LogP contribution in [-0.4, -0.2) is 44.3 Å². The zero-order chi connectivity index (χ0) is 14.4. The molecule has 1 N–H and O–H groups in total. The average molecular weight is 276 g/mol. The first-order valence-electron chi connectivity index (χ1n) is 7.78. The number of benzene rings is 1. The summed E-state index contributed by atoms with van der Waals surface area (Å²) in [6.45, 7) is 8.65. The normalized spacial score (nSPS) is 21.9. The van der Waals surface area contributed by atoms with Crippen LogP contribution >= 0.6 is 0 Å². The number of aryl methyl sites for hydroxylation is 1. The summed E-state index contributed by atoms with van der Waals surface area (Å²) in [4.78, 5) is 2.54. The number of methoxy groups -OCH3 is 1. The van der Waals surface area contributed by atoms with Gasteiger partial charge in [-0.05, 0) is 38.4 Å². The molecule has 1 aliphatic rings. The monoisotopic (exact) mass is 276 g/mol. The summed E-state index contributed by atoms with van der Waals surface area (Å²) < 4.78 is 5.53. The molecule has 2 atom stereocenters. The fourth-order valence-electron chi connectivity index (χ4n) is 3.05. The van der Waals surface area contributed by atoms with Gasteiger partial charge in [0.2, 0.25) is 0 Å². The molecule has 1 aromatic rings. The number of hydrogen-bond acceptors (Lipinski definition) is 3. The van der Waals surface area contributed by atoms with Gasteiger partial charge in [0.05, 0.1) is 6.10 Å². The standard InChI is InChI=1S/C17H28N2O/c1-4-18-17(15-8-5-7-14(2)11-15)13-19-10-6-9-16(12-19)20-3/h5,7-8,11,16-18H,4,6,9-10,12-13H2,1-3H3. The van der Waals surface area contributed by atoms with E-state index in [0.29, 0.717) is 12.1 Å². The van der Waals surface area contributed by atoms with Crippen LogP contribution in [-0.2, 0) is 4.74 Å². The Morgan fingerprint density at radius 3 is 3.00 bits per heavy atom. The largest absolute Gasteiger partial charge is 0.380 e. The fourth-order valence-corrected chi connectivity index (χ4v) is 3.05. The maximum absolute atomic E-state index is 5.53. The Hall–Kier alpha value is -0.900. The summed E-state index contributed by atoms with van der Waals surface area (Å²) in [5, 5.41) is 3.62. The van der Waals surface area contributed by atoms with Crippen LogP contribution in [0, 0.1) is 6.92 Å². The highest BCUT2D eigenvalue weighted by Crippen LogP contribution is 2.19. The van der Waals surface area contributed by atoms with Crippen molar-refractivity contribution in [1.82, 2.24) is 10.2 Å². The Bertz CT molecular complexity index is 408. The highest BCUT2D eigenvalue weighted by molar-refractivity contribution is 5.25. The summed E-state index contributed by atoms with van der Waals surface area (Å²) in [6, 6.07) is 9.26. The smallest absolute Gasteiger partial charge is 0.0698 e. The second-order valence-electron chi connectivity index (χ2n) is 5.78. The molecule has 1 aromatic carbocycles. The van der Waals surface area contributed by atoms with Crippen LogP contribution in [0.5, 0.6) is 0 Å². The van der Waals surface area contributed by atoms with Crippen molar-refractivity contribution in [3.63, 3.8) is 0 Å². The number of likely N-dealkylation sites (tertiary alicyclic amines) is 1. The zero-order valence-electron chi connectivity index (χ0n) is 13.1. The third-order valence-corrected chi connectivity index (χ3v) is 4.13. The Balaban J connectivity index is 2.01. The van der Waals surface area contributed by atoms with Crippen LogP contribution in [0.2, 0.25) is 0 Å². The molecule has 0 aromatic heterocycles. The van der Waals surface area contributed by atoms with Crippen LogP contribution in [0.1, 0.15) is 36.9 Å². The van der Waals surface area contributed by atoms with E-state index in [-0.39, 0.29) is 0 Å². The molecule has 112 valence electrons. The second kappa shape index (κ2) is 7.77. The van der Waals surface area contributed by atoms with E-state index in [9.17, 15) is 0 Å². The van der Waals surface area contributed by atoms with E-state index in [2.05, 4.69) is 48.3 Å². The van der Waals surface area contributed by atoms with Crippen LogP contribution in [0.4, 0.5) is 0 Å². The molecule has 2 rings (SSSR count).